The highest BCUT2D eigenvalue weighted by atomic mass is 19.4. The molecule has 4 rings (SSSR count). The summed E-state index contributed by atoms with van der Waals surface area (Å²) in [4.78, 5) is 17.9. The Morgan fingerprint density at radius 2 is 1.97 bits per heavy atom. The molecule has 2 aliphatic rings. The first kappa shape index (κ1) is 25.1. The summed E-state index contributed by atoms with van der Waals surface area (Å²) in [5.41, 5.74) is 1.65. The van der Waals surface area contributed by atoms with Gasteiger partial charge < -0.3 is 24.2 Å². The Balaban J connectivity index is 1.37. The highest BCUT2D eigenvalue weighted by Gasteiger charge is 2.41. The lowest BCUT2D eigenvalue weighted by molar-refractivity contribution is -0.184. The molecule has 1 aromatic carbocycles. The van der Waals surface area contributed by atoms with Crippen molar-refractivity contribution in [1.82, 2.24) is 4.98 Å². The van der Waals surface area contributed by atoms with Crippen LogP contribution in [0.5, 0.6) is 11.5 Å². The van der Waals surface area contributed by atoms with Crippen molar-refractivity contribution in [3.8, 4) is 11.5 Å². The summed E-state index contributed by atoms with van der Waals surface area (Å²) in [5, 5.41) is 9.47. The molecule has 7 nitrogen and oxygen atoms in total. The van der Waals surface area contributed by atoms with E-state index in [1.165, 1.54) is 7.11 Å². The van der Waals surface area contributed by atoms with Gasteiger partial charge in [-0.15, -0.1) is 0 Å². The van der Waals surface area contributed by atoms with Crippen LogP contribution in [0.3, 0.4) is 0 Å². The minimum absolute atomic E-state index is 0.0760. The van der Waals surface area contributed by atoms with E-state index in [4.69, 9.17) is 14.2 Å². The minimum Gasteiger partial charge on any atom is -0.496 e. The molecule has 1 N–H and O–H groups in total. The summed E-state index contributed by atoms with van der Waals surface area (Å²) in [7, 11) is 1.43. The lowest BCUT2D eigenvalue weighted by atomic mass is 9.82. The number of rotatable bonds is 7. The Kier molecular flexibility index (Phi) is 7.69. The van der Waals surface area contributed by atoms with Crippen molar-refractivity contribution in [3.05, 3.63) is 47.8 Å². The molecule has 1 atom stereocenters. The van der Waals surface area contributed by atoms with Crippen molar-refractivity contribution in [1.29, 1.82) is 0 Å². The third-order valence-electron chi connectivity index (χ3n) is 6.75. The smallest absolute Gasteiger partial charge is 0.391 e. The van der Waals surface area contributed by atoms with E-state index < -0.39 is 18.1 Å². The topological polar surface area (TPSA) is 81.1 Å². The number of hydrogen-bond acceptors (Lipinski definition) is 6. The highest BCUT2D eigenvalue weighted by Crippen LogP contribution is 2.39. The molecular formula is C25H29F3N2O5. The van der Waals surface area contributed by atoms with Gasteiger partial charge in [-0.3, -0.25) is 4.98 Å². The monoisotopic (exact) mass is 494 g/mol. The summed E-state index contributed by atoms with van der Waals surface area (Å²) in [6, 6.07) is 6.86. The van der Waals surface area contributed by atoms with Crippen LogP contribution in [0.2, 0.25) is 0 Å². The molecular weight excluding hydrogens is 465 g/mol. The van der Waals surface area contributed by atoms with Gasteiger partial charge in [-0.2, -0.15) is 13.2 Å². The van der Waals surface area contributed by atoms with Crippen LogP contribution in [0.25, 0.3) is 0 Å². The van der Waals surface area contributed by atoms with Crippen LogP contribution in [0.4, 0.5) is 18.9 Å². The molecule has 1 unspecified atom stereocenters. The van der Waals surface area contributed by atoms with Crippen LogP contribution in [0, 0.1) is 11.8 Å². The summed E-state index contributed by atoms with van der Waals surface area (Å²) >= 11 is 0. The molecule has 2 fully saturated rings. The molecule has 2 aromatic rings. The summed E-state index contributed by atoms with van der Waals surface area (Å²) < 4.78 is 55.6. The first-order valence-electron chi connectivity index (χ1n) is 11.7. The SMILES string of the molecule is COc1ccc(C2CN(c3cncc(OCC4CCC(C(F)(F)F)CC4)c3)CCO2)cc1C(=O)O. The maximum Gasteiger partial charge on any atom is 0.391 e. The summed E-state index contributed by atoms with van der Waals surface area (Å²) in [6.07, 6.45) is 0.194. The number of anilines is 1. The van der Waals surface area contributed by atoms with Gasteiger partial charge in [0, 0.05) is 19.2 Å². The van der Waals surface area contributed by atoms with E-state index in [1.54, 1.807) is 30.6 Å². The molecule has 1 aliphatic carbocycles. The van der Waals surface area contributed by atoms with Crippen LogP contribution in [-0.4, -0.2) is 55.6 Å². The maximum absolute atomic E-state index is 12.9. The van der Waals surface area contributed by atoms with Crippen LogP contribution >= 0.6 is 0 Å². The number of morpholine rings is 1. The predicted molar refractivity (Wildman–Crippen MR) is 122 cm³/mol. The normalized spacial score (nSPS) is 23.1. The summed E-state index contributed by atoms with van der Waals surface area (Å²) in [6.45, 7) is 1.95. The van der Waals surface area contributed by atoms with E-state index in [0.29, 0.717) is 44.9 Å². The lowest BCUT2D eigenvalue weighted by Gasteiger charge is -2.35. The molecule has 1 saturated heterocycles. The van der Waals surface area contributed by atoms with Gasteiger partial charge in [-0.1, -0.05) is 6.07 Å². The standard InChI is InChI=1S/C25H29F3N2O5/c1-33-22-7-4-17(10-21(22)24(31)32)23-14-30(8-9-34-23)19-11-20(13-29-12-19)35-15-16-2-5-18(6-3-16)25(26,27)28/h4,7,10-13,16,18,23H,2-3,5-6,8-9,14-15H2,1H3,(H,31,32). The number of pyridine rings is 1. The Morgan fingerprint density at radius 1 is 1.20 bits per heavy atom. The molecule has 2 heterocycles. The second-order valence-electron chi connectivity index (χ2n) is 9.02. The molecule has 0 bridgehead atoms. The average Bonchev–Trinajstić information content (AvgIpc) is 2.87. The van der Waals surface area contributed by atoms with E-state index in [2.05, 4.69) is 9.88 Å². The molecule has 1 aliphatic heterocycles. The van der Waals surface area contributed by atoms with Gasteiger partial charge in [0.2, 0.25) is 0 Å². The van der Waals surface area contributed by atoms with Gasteiger partial charge in [0.1, 0.15) is 23.2 Å². The third kappa shape index (κ3) is 6.17. The molecule has 190 valence electrons. The quantitative estimate of drug-likeness (QED) is 0.573. The second kappa shape index (κ2) is 10.7. The van der Waals surface area contributed by atoms with Crippen LogP contribution < -0.4 is 14.4 Å². The second-order valence-corrected chi connectivity index (χ2v) is 9.02. The van der Waals surface area contributed by atoms with Gasteiger partial charge in [0.05, 0.1) is 44.3 Å². The number of aromatic carboxylic acids is 1. The Bertz CT molecular complexity index is 1020. The van der Waals surface area contributed by atoms with Crippen molar-refractivity contribution < 1.29 is 37.3 Å². The Hall–Kier alpha value is -3.01. The van der Waals surface area contributed by atoms with E-state index >= 15 is 0 Å². The molecule has 10 heteroatoms. The molecule has 1 saturated carbocycles. The molecule has 0 amide bonds. The highest BCUT2D eigenvalue weighted by molar-refractivity contribution is 5.91. The predicted octanol–water partition coefficient (Wildman–Crippen LogP) is 5.11. The van der Waals surface area contributed by atoms with E-state index in [0.717, 1.165) is 11.3 Å². The van der Waals surface area contributed by atoms with Crippen molar-refractivity contribution in [2.75, 3.05) is 38.3 Å². The van der Waals surface area contributed by atoms with Crippen LogP contribution in [0.1, 0.15) is 47.7 Å². The number of aromatic nitrogens is 1. The number of methoxy groups -OCH3 is 1. The Morgan fingerprint density at radius 3 is 2.66 bits per heavy atom. The van der Waals surface area contributed by atoms with Gasteiger partial charge in [-0.05, 0) is 49.3 Å². The largest absolute Gasteiger partial charge is 0.496 e. The number of alkyl halides is 3. The number of carbonyl (C=O) groups is 1. The zero-order valence-corrected chi connectivity index (χ0v) is 19.5. The van der Waals surface area contributed by atoms with Crippen molar-refractivity contribution in [2.24, 2.45) is 11.8 Å². The Labute approximate surface area is 201 Å². The maximum atomic E-state index is 12.9. The van der Waals surface area contributed by atoms with Gasteiger partial charge >= 0.3 is 12.1 Å². The first-order valence-corrected chi connectivity index (χ1v) is 11.7. The fourth-order valence-electron chi connectivity index (χ4n) is 4.71. The number of nitrogens with zero attached hydrogens (tertiary/aromatic N) is 2. The van der Waals surface area contributed by atoms with Gasteiger partial charge in [0.25, 0.3) is 0 Å². The number of ether oxygens (including phenoxy) is 3. The number of hydrogen-bond donors (Lipinski definition) is 1. The molecule has 0 spiro atoms. The fourth-order valence-corrected chi connectivity index (χ4v) is 4.71. The summed E-state index contributed by atoms with van der Waals surface area (Å²) in [5.74, 6) is -1.31. The van der Waals surface area contributed by atoms with Gasteiger partial charge in [-0.25, -0.2) is 4.79 Å². The first-order chi connectivity index (χ1) is 16.7. The molecule has 0 radical (unpaired) electrons. The lowest BCUT2D eigenvalue weighted by Crippen LogP contribution is -2.38. The van der Waals surface area contributed by atoms with E-state index in [-0.39, 0.29) is 36.2 Å². The number of halogens is 3. The van der Waals surface area contributed by atoms with Crippen LogP contribution in [-0.2, 0) is 4.74 Å². The number of carboxylic acids is 1. The molecule has 35 heavy (non-hydrogen) atoms. The fraction of sp³-hybridized carbons (Fsp3) is 0.520. The molecule has 1 aromatic heterocycles. The van der Waals surface area contributed by atoms with Crippen molar-refractivity contribution in [3.63, 3.8) is 0 Å². The van der Waals surface area contributed by atoms with E-state index in [1.807, 2.05) is 6.07 Å². The minimum atomic E-state index is -4.11. The van der Waals surface area contributed by atoms with Crippen molar-refractivity contribution in [2.45, 2.75) is 38.0 Å². The van der Waals surface area contributed by atoms with Crippen LogP contribution in [0.15, 0.2) is 36.7 Å². The third-order valence-corrected chi connectivity index (χ3v) is 6.75. The van der Waals surface area contributed by atoms with Gasteiger partial charge in [0.15, 0.2) is 0 Å². The van der Waals surface area contributed by atoms with Crippen molar-refractivity contribution >= 4 is 11.7 Å². The zero-order chi connectivity index (χ0) is 25.0. The van der Waals surface area contributed by atoms with E-state index in [9.17, 15) is 23.1 Å². The number of benzene rings is 1. The average molecular weight is 495 g/mol. The zero-order valence-electron chi connectivity index (χ0n) is 19.5. The number of carboxylic acid groups (broad SMARTS) is 1.